The van der Waals surface area contributed by atoms with Gasteiger partial charge in [-0.1, -0.05) is 0 Å². The van der Waals surface area contributed by atoms with Gasteiger partial charge in [0.05, 0.1) is 12.5 Å². The molecule has 0 saturated heterocycles. The van der Waals surface area contributed by atoms with Crippen LogP contribution in [0.4, 0.5) is 0 Å². The van der Waals surface area contributed by atoms with Gasteiger partial charge in [0, 0.05) is 11.4 Å². The molecule has 1 heterocycles. The van der Waals surface area contributed by atoms with Crippen molar-refractivity contribution in [1.29, 1.82) is 0 Å². The van der Waals surface area contributed by atoms with Gasteiger partial charge in [0.15, 0.2) is 0 Å². The number of phenolic OH excluding ortho intramolecular Hbond substituents is 1. The Morgan fingerprint density at radius 2 is 2.38 bits per heavy atom. The first-order valence-electron chi connectivity index (χ1n) is 3.96. The van der Waals surface area contributed by atoms with Gasteiger partial charge in [-0.25, -0.2) is 5.06 Å². The standard InChI is InChI=1S/C9H10N2O2/c1-13-11-5-7-4-8(12)2-3-9(7)10-6-11/h2-5,12H,6H2,1H3. The third-order valence-electron chi connectivity index (χ3n) is 1.91. The van der Waals surface area contributed by atoms with Crippen molar-refractivity contribution in [2.75, 3.05) is 13.8 Å². The molecule has 0 radical (unpaired) electrons. The summed E-state index contributed by atoms with van der Waals surface area (Å²) in [5, 5.41) is 12.6. The smallest absolute Gasteiger partial charge is 0.135 e. The van der Waals surface area contributed by atoms with Gasteiger partial charge in [0.2, 0.25) is 0 Å². The van der Waals surface area contributed by atoms with Gasteiger partial charge >= 0.3 is 0 Å². The van der Waals surface area contributed by atoms with Crippen molar-refractivity contribution in [3.05, 3.63) is 28.8 Å². The van der Waals surface area contributed by atoms with E-state index >= 15 is 0 Å². The van der Waals surface area contributed by atoms with Crippen LogP contribution in [-0.4, -0.2) is 23.9 Å². The highest BCUT2D eigenvalue weighted by molar-refractivity contribution is 5.29. The molecule has 0 unspecified atom stereocenters. The van der Waals surface area contributed by atoms with E-state index in [1.165, 1.54) is 0 Å². The summed E-state index contributed by atoms with van der Waals surface area (Å²) in [6, 6.07) is 5.07. The predicted octanol–water partition coefficient (Wildman–Crippen LogP) is -0.416. The van der Waals surface area contributed by atoms with Crippen LogP contribution in [-0.2, 0) is 4.84 Å². The SMILES string of the molecule is CON1C=c2cc(O)ccc2=NC1. The second-order valence-corrected chi connectivity index (χ2v) is 2.77. The Hall–Kier alpha value is -1.55. The molecule has 4 nitrogen and oxygen atoms in total. The lowest BCUT2D eigenvalue weighted by Gasteiger charge is -2.16. The van der Waals surface area contributed by atoms with Crippen molar-refractivity contribution in [2.24, 2.45) is 4.99 Å². The summed E-state index contributed by atoms with van der Waals surface area (Å²) in [6.45, 7) is 0.494. The zero-order chi connectivity index (χ0) is 9.26. The van der Waals surface area contributed by atoms with Crippen molar-refractivity contribution >= 4 is 6.20 Å². The zero-order valence-corrected chi connectivity index (χ0v) is 7.27. The van der Waals surface area contributed by atoms with Crippen molar-refractivity contribution in [3.63, 3.8) is 0 Å². The molecular formula is C9H10N2O2. The number of hydrogen-bond acceptors (Lipinski definition) is 4. The first-order valence-corrected chi connectivity index (χ1v) is 3.96. The number of hydroxylamine groups is 2. The highest BCUT2D eigenvalue weighted by atomic mass is 16.7. The van der Waals surface area contributed by atoms with Crippen LogP contribution in [0.3, 0.4) is 0 Å². The lowest BCUT2D eigenvalue weighted by atomic mass is 10.2. The van der Waals surface area contributed by atoms with Crippen LogP contribution < -0.4 is 10.6 Å². The summed E-state index contributed by atoms with van der Waals surface area (Å²) in [4.78, 5) is 9.24. The number of aromatic hydroxyl groups is 1. The third kappa shape index (κ3) is 1.48. The van der Waals surface area contributed by atoms with Crippen LogP contribution in [0.25, 0.3) is 6.20 Å². The summed E-state index contributed by atoms with van der Waals surface area (Å²) >= 11 is 0. The molecule has 0 fully saturated rings. The molecule has 1 aliphatic rings. The van der Waals surface area contributed by atoms with E-state index in [0.717, 1.165) is 10.6 Å². The topological polar surface area (TPSA) is 45.1 Å². The Kier molecular flexibility index (Phi) is 1.90. The molecule has 0 amide bonds. The van der Waals surface area contributed by atoms with Crippen LogP contribution in [0.15, 0.2) is 23.2 Å². The van der Waals surface area contributed by atoms with Crippen molar-refractivity contribution in [3.8, 4) is 5.75 Å². The van der Waals surface area contributed by atoms with Crippen LogP contribution in [0, 0.1) is 0 Å². The first kappa shape index (κ1) is 8.07. The molecule has 0 spiro atoms. The van der Waals surface area contributed by atoms with Crippen LogP contribution in [0.2, 0.25) is 0 Å². The molecule has 1 N–H and O–H groups in total. The minimum Gasteiger partial charge on any atom is -0.508 e. The zero-order valence-electron chi connectivity index (χ0n) is 7.27. The maximum Gasteiger partial charge on any atom is 0.135 e. The maximum absolute atomic E-state index is 9.23. The van der Waals surface area contributed by atoms with E-state index in [2.05, 4.69) is 4.99 Å². The molecule has 0 bridgehead atoms. The molecule has 2 rings (SSSR count). The Morgan fingerprint density at radius 3 is 3.15 bits per heavy atom. The molecule has 1 aliphatic heterocycles. The van der Waals surface area contributed by atoms with Crippen molar-refractivity contribution < 1.29 is 9.94 Å². The van der Waals surface area contributed by atoms with Gasteiger partial charge in [0.1, 0.15) is 12.4 Å². The molecule has 0 aliphatic carbocycles. The Labute approximate surface area is 75.3 Å². The number of benzene rings is 1. The largest absolute Gasteiger partial charge is 0.508 e. The monoisotopic (exact) mass is 178 g/mol. The van der Waals surface area contributed by atoms with Crippen molar-refractivity contribution in [1.82, 2.24) is 5.06 Å². The van der Waals surface area contributed by atoms with Crippen molar-refractivity contribution in [2.45, 2.75) is 0 Å². The average molecular weight is 178 g/mol. The molecule has 0 saturated carbocycles. The lowest BCUT2D eigenvalue weighted by Crippen LogP contribution is -2.35. The predicted molar refractivity (Wildman–Crippen MR) is 47.1 cm³/mol. The fourth-order valence-electron chi connectivity index (χ4n) is 1.24. The fourth-order valence-corrected chi connectivity index (χ4v) is 1.24. The van der Waals surface area contributed by atoms with E-state index in [1.807, 2.05) is 6.20 Å². The Balaban J connectivity index is 2.58. The number of fused-ring (bicyclic) bond motifs is 1. The molecule has 1 aromatic rings. The van der Waals surface area contributed by atoms with Crippen LogP contribution >= 0.6 is 0 Å². The summed E-state index contributed by atoms with van der Waals surface area (Å²) in [5.74, 6) is 0.239. The molecule has 0 aromatic heterocycles. The fraction of sp³-hybridized carbons (Fsp3) is 0.222. The van der Waals surface area contributed by atoms with Gasteiger partial charge in [-0.2, -0.15) is 0 Å². The highest BCUT2D eigenvalue weighted by Crippen LogP contribution is 2.00. The minimum absolute atomic E-state index is 0.239. The van der Waals surface area contributed by atoms with Gasteiger partial charge in [-0.15, -0.1) is 0 Å². The van der Waals surface area contributed by atoms with Gasteiger partial charge in [-0.05, 0) is 18.2 Å². The molecule has 68 valence electrons. The third-order valence-corrected chi connectivity index (χ3v) is 1.91. The number of nitrogens with zero attached hydrogens (tertiary/aromatic N) is 2. The van der Waals surface area contributed by atoms with Crippen LogP contribution in [0.5, 0.6) is 5.75 Å². The molecule has 1 aromatic carbocycles. The minimum atomic E-state index is 0.239. The second kappa shape index (κ2) is 3.06. The second-order valence-electron chi connectivity index (χ2n) is 2.77. The van der Waals surface area contributed by atoms with Gasteiger partial charge in [-0.3, -0.25) is 9.83 Å². The Bertz CT molecular complexity index is 428. The van der Waals surface area contributed by atoms with E-state index in [1.54, 1.807) is 30.4 Å². The van der Waals surface area contributed by atoms with E-state index < -0.39 is 0 Å². The summed E-state index contributed by atoms with van der Waals surface area (Å²) in [7, 11) is 1.58. The quantitative estimate of drug-likeness (QED) is 0.635. The highest BCUT2D eigenvalue weighted by Gasteiger charge is 2.01. The lowest BCUT2D eigenvalue weighted by molar-refractivity contribution is -0.0695. The van der Waals surface area contributed by atoms with E-state index in [-0.39, 0.29) is 5.75 Å². The first-order chi connectivity index (χ1) is 6.29. The molecule has 0 atom stereocenters. The van der Waals surface area contributed by atoms with E-state index in [0.29, 0.717) is 6.67 Å². The van der Waals surface area contributed by atoms with E-state index in [9.17, 15) is 5.11 Å². The van der Waals surface area contributed by atoms with Gasteiger partial charge < -0.3 is 5.11 Å². The number of hydrogen-bond donors (Lipinski definition) is 1. The normalized spacial score (nSPS) is 14.4. The average Bonchev–Trinajstić information content (AvgIpc) is 2.16. The van der Waals surface area contributed by atoms with Crippen LogP contribution in [0.1, 0.15) is 0 Å². The number of rotatable bonds is 1. The summed E-state index contributed by atoms with van der Waals surface area (Å²) in [6.07, 6.45) is 1.81. The van der Waals surface area contributed by atoms with E-state index in [4.69, 9.17) is 4.84 Å². The summed E-state index contributed by atoms with van der Waals surface area (Å²) < 4.78 is 0. The Morgan fingerprint density at radius 1 is 1.54 bits per heavy atom. The molecule has 4 heteroatoms. The number of phenols is 1. The summed E-state index contributed by atoms with van der Waals surface area (Å²) in [5.41, 5.74) is 0. The van der Waals surface area contributed by atoms with Gasteiger partial charge in [0.25, 0.3) is 0 Å². The molecular weight excluding hydrogens is 168 g/mol. The molecule has 13 heavy (non-hydrogen) atoms. The maximum atomic E-state index is 9.23.